The Morgan fingerprint density at radius 1 is 1.12 bits per heavy atom. The average molecular weight is 217 g/mol. The zero-order valence-electron chi connectivity index (χ0n) is 10.4. The lowest BCUT2D eigenvalue weighted by atomic mass is 10.0. The van der Waals surface area contributed by atoms with Gasteiger partial charge in [-0.1, -0.05) is 44.0 Å². The second kappa shape index (κ2) is 6.05. The number of aryl methyl sites for hydroxylation is 1. The molecule has 0 amide bonds. The SMILES string of the molecule is CCCCCN1CCCc2ccccc2C1. The molecule has 0 aromatic heterocycles. The first kappa shape index (κ1) is 11.7. The van der Waals surface area contributed by atoms with Gasteiger partial charge in [-0.3, -0.25) is 4.90 Å². The molecule has 1 nitrogen and oxygen atoms in total. The number of hydrogen-bond acceptors (Lipinski definition) is 1. The fraction of sp³-hybridized carbons (Fsp3) is 0.600. The standard InChI is InChI=1S/C15H23N/c1-2-3-6-11-16-12-7-10-14-8-4-5-9-15(14)13-16/h4-5,8-9H,2-3,6-7,10-13H2,1H3. The van der Waals surface area contributed by atoms with Crippen molar-refractivity contribution in [2.45, 2.75) is 45.6 Å². The molecule has 88 valence electrons. The molecule has 0 unspecified atom stereocenters. The van der Waals surface area contributed by atoms with Crippen molar-refractivity contribution in [3.05, 3.63) is 35.4 Å². The highest BCUT2D eigenvalue weighted by Crippen LogP contribution is 2.18. The van der Waals surface area contributed by atoms with Gasteiger partial charge in [0, 0.05) is 6.54 Å². The Bertz CT molecular complexity index is 319. The Kier molecular flexibility index (Phi) is 4.41. The number of fused-ring (bicyclic) bond motifs is 1. The lowest BCUT2D eigenvalue weighted by Crippen LogP contribution is -2.24. The number of benzene rings is 1. The molecule has 0 saturated heterocycles. The topological polar surface area (TPSA) is 3.24 Å². The first-order chi connectivity index (χ1) is 7.90. The summed E-state index contributed by atoms with van der Waals surface area (Å²) < 4.78 is 0. The number of rotatable bonds is 4. The predicted molar refractivity (Wildman–Crippen MR) is 69.6 cm³/mol. The Labute approximate surface area is 99.5 Å². The molecule has 1 aliphatic heterocycles. The van der Waals surface area contributed by atoms with Crippen molar-refractivity contribution in [2.75, 3.05) is 13.1 Å². The van der Waals surface area contributed by atoms with Gasteiger partial charge in [0.2, 0.25) is 0 Å². The lowest BCUT2D eigenvalue weighted by molar-refractivity contribution is 0.263. The highest BCUT2D eigenvalue weighted by atomic mass is 15.1. The van der Waals surface area contributed by atoms with Crippen LogP contribution in [0, 0.1) is 0 Å². The molecule has 1 heterocycles. The van der Waals surface area contributed by atoms with Crippen LogP contribution in [0.3, 0.4) is 0 Å². The third-order valence-corrected chi connectivity index (χ3v) is 3.51. The molecule has 0 spiro atoms. The molecule has 0 N–H and O–H groups in total. The Morgan fingerprint density at radius 2 is 1.94 bits per heavy atom. The molecule has 2 rings (SSSR count). The van der Waals surface area contributed by atoms with Crippen molar-refractivity contribution in [1.29, 1.82) is 0 Å². The first-order valence-electron chi connectivity index (χ1n) is 6.69. The molecule has 1 aromatic rings. The van der Waals surface area contributed by atoms with Crippen molar-refractivity contribution < 1.29 is 0 Å². The molecule has 0 radical (unpaired) electrons. The highest BCUT2D eigenvalue weighted by Gasteiger charge is 2.12. The quantitative estimate of drug-likeness (QED) is 0.696. The van der Waals surface area contributed by atoms with E-state index in [0.717, 1.165) is 0 Å². The van der Waals surface area contributed by atoms with Gasteiger partial charge in [-0.15, -0.1) is 0 Å². The lowest BCUT2D eigenvalue weighted by Gasteiger charge is -2.20. The fourth-order valence-corrected chi connectivity index (χ4v) is 2.54. The Balaban J connectivity index is 1.94. The van der Waals surface area contributed by atoms with E-state index in [1.54, 1.807) is 11.1 Å². The first-order valence-corrected chi connectivity index (χ1v) is 6.69. The maximum Gasteiger partial charge on any atom is 0.0236 e. The molecule has 1 heteroatoms. The molecule has 0 aliphatic carbocycles. The molecule has 0 saturated carbocycles. The van der Waals surface area contributed by atoms with Crippen LogP contribution in [0.1, 0.15) is 43.7 Å². The zero-order chi connectivity index (χ0) is 11.2. The summed E-state index contributed by atoms with van der Waals surface area (Å²) >= 11 is 0. The summed E-state index contributed by atoms with van der Waals surface area (Å²) in [4.78, 5) is 2.63. The van der Waals surface area contributed by atoms with Gasteiger partial charge in [-0.05, 0) is 43.5 Å². The third-order valence-electron chi connectivity index (χ3n) is 3.51. The fourth-order valence-electron chi connectivity index (χ4n) is 2.54. The van der Waals surface area contributed by atoms with E-state index < -0.39 is 0 Å². The molecule has 1 aromatic carbocycles. The van der Waals surface area contributed by atoms with Gasteiger partial charge in [-0.2, -0.15) is 0 Å². The summed E-state index contributed by atoms with van der Waals surface area (Å²) in [7, 11) is 0. The van der Waals surface area contributed by atoms with Gasteiger partial charge in [0.25, 0.3) is 0 Å². The van der Waals surface area contributed by atoms with Crippen LogP contribution >= 0.6 is 0 Å². The van der Waals surface area contributed by atoms with E-state index in [2.05, 4.69) is 36.1 Å². The normalized spacial score (nSPS) is 16.8. The summed E-state index contributed by atoms with van der Waals surface area (Å²) in [5.74, 6) is 0. The van der Waals surface area contributed by atoms with Crippen LogP contribution in [0.5, 0.6) is 0 Å². The second-order valence-corrected chi connectivity index (χ2v) is 4.86. The van der Waals surface area contributed by atoms with Gasteiger partial charge in [0.1, 0.15) is 0 Å². The largest absolute Gasteiger partial charge is 0.299 e. The summed E-state index contributed by atoms with van der Waals surface area (Å²) in [6.45, 7) is 6.00. The predicted octanol–water partition coefficient (Wildman–Crippen LogP) is 3.63. The van der Waals surface area contributed by atoms with Crippen molar-refractivity contribution in [1.82, 2.24) is 4.90 Å². The van der Waals surface area contributed by atoms with Gasteiger partial charge < -0.3 is 0 Å². The number of nitrogens with zero attached hydrogens (tertiary/aromatic N) is 1. The van der Waals surface area contributed by atoms with Gasteiger partial charge in [0.15, 0.2) is 0 Å². The Morgan fingerprint density at radius 3 is 2.75 bits per heavy atom. The zero-order valence-corrected chi connectivity index (χ0v) is 10.4. The minimum Gasteiger partial charge on any atom is -0.299 e. The molecule has 0 bridgehead atoms. The summed E-state index contributed by atoms with van der Waals surface area (Å²) in [5.41, 5.74) is 3.12. The van der Waals surface area contributed by atoms with Gasteiger partial charge in [-0.25, -0.2) is 0 Å². The molecule has 0 fully saturated rings. The molecular formula is C15H23N. The van der Waals surface area contributed by atoms with E-state index in [1.165, 1.54) is 51.7 Å². The van der Waals surface area contributed by atoms with Crippen LogP contribution in [0.25, 0.3) is 0 Å². The second-order valence-electron chi connectivity index (χ2n) is 4.86. The van der Waals surface area contributed by atoms with Gasteiger partial charge in [0.05, 0.1) is 0 Å². The summed E-state index contributed by atoms with van der Waals surface area (Å²) in [5, 5.41) is 0. The van der Waals surface area contributed by atoms with Crippen LogP contribution in [-0.4, -0.2) is 18.0 Å². The average Bonchev–Trinajstić information content (AvgIpc) is 2.51. The van der Waals surface area contributed by atoms with Crippen LogP contribution in [0.4, 0.5) is 0 Å². The van der Waals surface area contributed by atoms with Crippen molar-refractivity contribution >= 4 is 0 Å². The summed E-state index contributed by atoms with van der Waals surface area (Å²) in [6.07, 6.45) is 6.64. The van der Waals surface area contributed by atoms with E-state index in [4.69, 9.17) is 0 Å². The monoisotopic (exact) mass is 217 g/mol. The third kappa shape index (κ3) is 3.08. The van der Waals surface area contributed by atoms with Crippen LogP contribution < -0.4 is 0 Å². The van der Waals surface area contributed by atoms with Crippen molar-refractivity contribution in [2.24, 2.45) is 0 Å². The summed E-state index contributed by atoms with van der Waals surface area (Å²) in [6, 6.07) is 8.94. The van der Waals surface area contributed by atoms with E-state index in [-0.39, 0.29) is 0 Å². The van der Waals surface area contributed by atoms with E-state index in [9.17, 15) is 0 Å². The van der Waals surface area contributed by atoms with Crippen molar-refractivity contribution in [3.63, 3.8) is 0 Å². The van der Waals surface area contributed by atoms with Crippen LogP contribution in [0.15, 0.2) is 24.3 Å². The highest BCUT2D eigenvalue weighted by molar-refractivity contribution is 5.27. The molecule has 1 aliphatic rings. The molecule has 0 atom stereocenters. The maximum atomic E-state index is 2.63. The number of hydrogen-bond donors (Lipinski definition) is 0. The van der Waals surface area contributed by atoms with Crippen molar-refractivity contribution in [3.8, 4) is 0 Å². The van der Waals surface area contributed by atoms with Crippen LogP contribution in [0.2, 0.25) is 0 Å². The van der Waals surface area contributed by atoms with E-state index >= 15 is 0 Å². The molecule has 16 heavy (non-hydrogen) atoms. The minimum absolute atomic E-state index is 1.17. The Hall–Kier alpha value is -0.820. The number of unbranched alkanes of at least 4 members (excludes halogenated alkanes) is 2. The van der Waals surface area contributed by atoms with Crippen LogP contribution in [-0.2, 0) is 13.0 Å². The maximum absolute atomic E-state index is 2.63. The smallest absolute Gasteiger partial charge is 0.0236 e. The van der Waals surface area contributed by atoms with Gasteiger partial charge >= 0.3 is 0 Å². The van der Waals surface area contributed by atoms with E-state index in [0.29, 0.717) is 0 Å². The van der Waals surface area contributed by atoms with E-state index in [1.807, 2.05) is 0 Å². The molecular weight excluding hydrogens is 194 g/mol. The minimum atomic E-state index is 1.17.